The Morgan fingerprint density at radius 2 is 1.96 bits per heavy atom. The molecule has 1 aliphatic heterocycles. The summed E-state index contributed by atoms with van der Waals surface area (Å²) >= 11 is 0. The molecule has 0 aliphatic carbocycles. The minimum absolute atomic E-state index is 0. The number of morpholine rings is 1. The molecule has 0 bridgehead atoms. The molecule has 2 rings (SSSR count). The maximum Gasteiger partial charge on any atom is 0.416 e. The summed E-state index contributed by atoms with van der Waals surface area (Å²) in [7, 11) is 3.20. The number of hydrogen-bond donors (Lipinski definition) is 2. The number of halogens is 4. The van der Waals surface area contributed by atoms with Crippen molar-refractivity contribution in [2.45, 2.75) is 19.1 Å². The fraction of sp³-hybridized carbons (Fsp3) is 0.611. The molecule has 160 valence electrons. The summed E-state index contributed by atoms with van der Waals surface area (Å²) in [5.41, 5.74) is 0.115. The van der Waals surface area contributed by atoms with Crippen LogP contribution < -0.4 is 15.5 Å². The number of guanidine groups is 1. The number of hydrogen-bond acceptors (Lipinski definition) is 4. The van der Waals surface area contributed by atoms with E-state index < -0.39 is 11.7 Å². The van der Waals surface area contributed by atoms with Crippen LogP contribution >= 0.6 is 24.0 Å². The predicted molar refractivity (Wildman–Crippen MR) is 115 cm³/mol. The van der Waals surface area contributed by atoms with Crippen molar-refractivity contribution in [1.29, 1.82) is 0 Å². The number of aliphatic imine (C=N–C) groups is 1. The van der Waals surface area contributed by atoms with Gasteiger partial charge in [-0.25, -0.2) is 0 Å². The number of ether oxygens (including phenoxy) is 2. The topological polar surface area (TPSA) is 58.1 Å². The van der Waals surface area contributed by atoms with Gasteiger partial charge < -0.3 is 25.0 Å². The number of nitrogens with zero attached hydrogens (tertiary/aromatic N) is 2. The summed E-state index contributed by atoms with van der Waals surface area (Å²) in [5, 5.41) is 5.99. The van der Waals surface area contributed by atoms with E-state index in [-0.39, 0.29) is 36.1 Å². The molecule has 0 saturated carbocycles. The van der Waals surface area contributed by atoms with Crippen molar-refractivity contribution >= 4 is 35.6 Å². The largest absolute Gasteiger partial charge is 0.416 e. The van der Waals surface area contributed by atoms with E-state index >= 15 is 0 Å². The summed E-state index contributed by atoms with van der Waals surface area (Å²) in [5.74, 6) is 0.455. The molecule has 1 aromatic rings. The normalized spacial score (nSPS) is 15.2. The van der Waals surface area contributed by atoms with Crippen LogP contribution in [0.2, 0.25) is 0 Å². The number of rotatable bonds is 7. The summed E-state index contributed by atoms with van der Waals surface area (Å²) in [6, 6.07) is 4.47. The van der Waals surface area contributed by atoms with Crippen LogP contribution in [0.5, 0.6) is 0 Å². The van der Waals surface area contributed by atoms with Crippen LogP contribution in [-0.4, -0.2) is 59.6 Å². The molecule has 1 aromatic carbocycles. The fourth-order valence-electron chi connectivity index (χ4n) is 2.82. The molecular weight excluding hydrogens is 488 g/mol. The van der Waals surface area contributed by atoms with E-state index in [4.69, 9.17) is 9.47 Å². The molecule has 2 N–H and O–H groups in total. The van der Waals surface area contributed by atoms with Gasteiger partial charge in [-0.05, 0) is 24.1 Å². The lowest BCUT2D eigenvalue weighted by molar-refractivity contribution is -0.138. The molecular formula is C18H28F3IN4O2. The highest BCUT2D eigenvalue weighted by Gasteiger charge is 2.34. The Morgan fingerprint density at radius 3 is 2.57 bits per heavy atom. The van der Waals surface area contributed by atoms with Crippen molar-refractivity contribution < 1.29 is 22.6 Å². The standard InChI is InChI=1S/C18H27F3N4O2.HI/c1-22-17(23-6-3-9-26-2)24-13-14-4-5-15(12-16(14)18(19,20)21)25-7-10-27-11-8-25;/h4-5,12H,3,6-11,13H2,1-2H3,(H2,22,23,24);1H. The third-order valence-electron chi connectivity index (χ3n) is 4.26. The van der Waals surface area contributed by atoms with Gasteiger partial charge in [0.25, 0.3) is 0 Å². The summed E-state index contributed by atoms with van der Waals surface area (Å²) in [6.07, 6.45) is -3.64. The van der Waals surface area contributed by atoms with Crippen molar-refractivity contribution in [1.82, 2.24) is 10.6 Å². The molecule has 0 amide bonds. The van der Waals surface area contributed by atoms with Crippen LogP contribution in [-0.2, 0) is 22.2 Å². The molecule has 0 atom stereocenters. The van der Waals surface area contributed by atoms with Crippen molar-refractivity contribution in [3.8, 4) is 0 Å². The quantitative estimate of drug-likeness (QED) is 0.253. The maximum atomic E-state index is 13.6. The van der Waals surface area contributed by atoms with E-state index in [1.165, 1.54) is 12.1 Å². The van der Waals surface area contributed by atoms with Crippen LogP contribution in [0, 0.1) is 0 Å². The Bertz CT molecular complexity index is 623. The maximum absolute atomic E-state index is 13.6. The van der Waals surface area contributed by atoms with Gasteiger partial charge in [0, 0.05) is 52.6 Å². The van der Waals surface area contributed by atoms with Gasteiger partial charge in [0.2, 0.25) is 0 Å². The Morgan fingerprint density at radius 1 is 1.25 bits per heavy atom. The van der Waals surface area contributed by atoms with Gasteiger partial charge in [0.15, 0.2) is 5.96 Å². The van der Waals surface area contributed by atoms with Gasteiger partial charge >= 0.3 is 6.18 Å². The molecule has 0 spiro atoms. The number of nitrogens with one attached hydrogen (secondary N) is 2. The van der Waals surface area contributed by atoms with Crippen LogP contribution in [0.1, 0.15) is 17.5 Å². The smallest absolute Gasteiger partial charge is 0.385 e. The van der Waals surface area contributed by atoms with E-state index in [0.29, 0.717) is 51.1 Å². The number of alkyl halides is 3. The Hall–Kier alpha value is -1.27. The number of methoxy groups -OCH3 is 1. The molecule has 1 saturated heterocycles. The van der Waals surface area contributed by atoms with E-state index in [1.54, 1.807) is 20.2 Å². The second kappa shape index (κ2) is 12.3. The first kappa shape index (κ1) is 24.8. The summed E-state index contributed by atoms with van der Waals surface area (Å²) in [6.45, 7) is 3.48. The zero-order valence-corrected chi connectivity index (χ0v) is 18.5. The van der Waals surface area contributed by atoms with Crippen LogP contribution in [0.4, 0.5) is 18.9 Å². The molecule has 1 aliphatic rings. The zero-order chi connectivity index (χ0) is 19.7. The van der Waals surface area contributed by atoms with E-state index in [0.717, 1.165) is 6.42 Å². The molecule has 0 aromatic heterocycles. The Balaban J connectivity index is 0.00000392. The van der Waals surface area contributed by atoms with Gasteiger partial charge in [-0.1, -0.05) is 6.07 Å². The predicted octanol–water partition coefficient (Wildman–Crippen LogP) is 2.86. The highest BCUT2D eigenvalue weighted by Crippen LogP contribution is 2.34. The second-order valence-electron chi connectivity index (χ2n) is 6.14. The average molecular weight is 516 g/mol. The SMILES string of the molecule is CN=C(NCCCOC)NCc1ccc(N2CCOCC2)cc1C(F)(F)F.I. The second-order valence-corrected chi connectivity index (χ2v) is 6.14. The number of benzene rings is 1. The monoisotopic (exact) mass is 516 g/mol. The average Bonchev–Trinajstić information content (AvgIpc) is 2.67. The molecule has 10 heteroatoms. The van der Waals surface area contributed by atoms with Crippen molar-refractivity contribution in [2.75, 3.05) is 58.5 Å². The highest BCUT2D eigenvalue weighted by atomic mass is 127. The van der Waals surface area contributed by atoms with Gasteiger partial charge in [-0.3, -0.25) is 4.99 Å². The van der Waals surface area contributed by atoms with Crippen molar-refractivity contribution in [2.24, 2.45) is 4.99 Å². The van der Waals surface area contributed by atoms with Crippen molar-refractivity contribution in [3.63, 3.8) is 0 Å². The van der Waals surface area contributed by atoms with Crippen molar-refractivity contribution in [3.05, 3.63) is 29.3 Å². The van der Waals surface area contributed by atoms with Gasteiger partial charge in [-0.15, -0.1) is 24.0 Å². The first-order valence-corrected chi connectivity index (χ1v) is 8.92. The Kier molecular flexibility index (Phi) is 10.9. The van der Waals surface area contributed by atoms with Gasteiger partial charge in [-0.2, -0.15) is 13.2 Å². The highest BCUT2D eigenvalue weighted by molar-refractivity contribution is 14.0. The summed E-state index contributed by atoms with van der Waals surface area (Å²) in [4.78, 5) is 5.94. The first-order chi connectivity index (χ1) is 13.0. The minimum atomic E-state index is -4.42. The van der Waals surface area contributed by atoms with E-state index in [2.05, 4.69) is 15.6 Å². The minimum Gasteiger partial charge on any atom is -0.385 e. The van der Waals surface area contributed by atoms with Crippen LogP contribution in [0.3, 0.4) is 0 Å². The third-order valence-corrected chi connectivity index (χ3v) is 4.26. The number of anilines is 1. The lowest BCUT2D eigenvalue weighted by Crippen LogP contribution is -2.38. The van der Waals surface area contributed by atoms with Crippen LogP contribution in [0.15, 0.2) is 23.2 Å². The Labute approximate surface area is 180 Å². The molecule has 6 nitrogen and oxygen atoms in total. The lowest BCUT2D eigenvalue weighted by atomic mass is 10.0. The zero-order valence-electron chi connectivity index (χ0n) is 16.1. The van der Waals surface area contributed by atoms with Gasteiger partial charge in [0.05, 0.1) is 18.8 Å². The van der Waals surface area contributed by atoms with E-state index in [9.17, 15) is 13.2 Å². The molecule has 1 heterocycles. The van der Waals surface area contributed by atoms with Crippen LogP contribution in [0.25, 0.3) is 0 Å². The molecule has 1 fully saturated rings. The summed E-state index contributed by atoms with van der Waals surface area (Å²) < 4.78 is 50.9. The molecule has 0 radical (unpaired) electrons. The fourth-order valence-corrected chi connectivity index (χ4v) is 2.82. The third kappa shape index (κ3) is 7.63. The molecule has 0 unspecified atom stereocenters. The molecule has 28 heavy (non-hydrogen) atoms. The van der Waals surface area contributed by atoms with E-state index in [1.807, 2.05) is 4.90 Å². The first-order valence-electron chi connectivity index (χ1n) is 8.92. The van der Waals surface area contributed by atoms with Gasteiger partial charge in [0.1, 0.15) is 0 Å². The lowest BCUT2D eigenvalue weighted by Gasteiger charge is -2.29.